The number of halogens is 1. The van der Waals surface area contributed by atoms with Crippen molar-refractivity contribution in [2.75, 3.05) is 48.3 Å². The van der Waals surface area contributed by atoms with Crippen molar-refractivity contribution >= 4 is 39.9 Å². The minimum atomic E-state index is -0.382. The van der Waals surface area contributed by atoms with E-state index in [-0.39, 0.29) is 30.5 Å². The molecule has 0 bridgehead atoms. The zero-order chi connectivity index (χ0) is 24.9. The van der Waals surface area contributed by atoms with Gasteiger partial charge in [0.2, 0.25) is 11.8 Å². The maximum Gasteiger partial charge on any atom is 0.224 e. The van der Waals surface area contributed by atoms with Crippen LogP contribution in [0.5, 0.6) is 0 Å². The van der Waals surface area contributed by atoms with Crippen LogP contribution in [0.4, 0.5) is 21.6 Å². The Bertz CT molecular complexity index is 1240. The van der Waals surface area contributed by atoms with Crippen molar-refractivity contribution in [2.24, 2.45) is 0 Å². The van der Waals surface area contributed by atoms with Crippen molar-refractivity contribution in [1.82, 2.24) is 9.88 Å². The summed E-state index contributed by atoms with van der Waals surface area (Å²) in [6.45, 7) is 11.0. The van der Waals surface area contributed by atoms with Gasteiger partial charge in [-0.15, -0.1) is 0 Å². The number of pyridine rings is 1. The Hall–Kier alpha value is -3.52. The van der Waals surface area contributed by atoms with Gasteiger partial charge >= 0.3 is 0 Å². The monoisotopic (exact) mass is 477 g/mol. The third kappa shape index (κ3) is 6.14. The maximum absolute atomic E-state index is 13.6. The summed E-state index contributed by atoms with van der Waals surface area (Å²) in [6, 6.07) is 12.3. The SMILES string of the molecule is CCN1CCN(c2cc(C)c3cc(NC(=O)CCC(=O)Nc4ccc(C)c(F)c4)ccc3n2)CC1. The van der Waals surface area contributed by atoms with Crippen molar-refractivity contribution in [3.8, 4) is 0 Å². The second kappa shape index (κ2) is 10.8. The van der Waals surface area contributed by atoms with Crippen LogP contribution in [0.3, 0.4) is 0 Å². The van der Waals surface area contributed by atoms with Crippen LogP contribution in [0.25, 0.3) is 10.9 Å². The highest BCUT2D eigenvalue weighted by atomic mass is 19.1. The zero-order valence-corrected chi connectivity index (χ0v) is 20.5. The number of rotatable bonds is 7. The smallest absolute Gasteiger partial charge is 0.224 e. The molecule has 35 heavy (non-hydrogen) atoms. The second-order valence-electron chi connectivity index (χ2n) is 9.01. The molecular weight excluding hydrogens is 445 g/mol. The molecule has 0 aliphatic carbocycles. The molecule has 0 spiro atoms. The molecule has 3 aromatic rings. The van der Waals surface area contributed by atoms with E-state index >= 15 is 0 Å². The van der Waals surface area contributed by atoms with E-state index in [1.165, 1.54) is 6.07 Å². The van der Waals surface area contributed by atoms with E-state index in [1.54, 1.807) is 19.1 Å². The predicted octanol–water partition coefficient (Wildman–Crippen LogP) is 4.49. The Balaban J connectivity index is 1.34. The molecule has 1 aliphatic heterocycles. The highest BCUT2D eigenvalue weighted by Gasteiger charge is 2.18. The van der Waals surface area contributed by atoms with Gasteiger partial charge in [-0.1, -0.05) is 13.0 Å². The minimum Gasteiger partial charge on any atom is -0.354 e. The molecule has 0 radical (unpaired) electrons. The number of likely N-dealkylation sites (N-methyl/N-ethyl adjacent to an activating group) is 1. The molecule has 8 heteroatoms. The number of nitrogens with one attached hydrogen (secondary N) is 2. The van der Waals surface area contributed by atoms with Crippen LogP contribution in [-0.2, 0) is 9.59 Å². The molecule has 2 heterocycles. The first-order valence-corrected chi connectivity index (χ1v) is 12.1. The van der Waals surface area contributed by atoms with Gasteiger partial charge in [-0.2, -0.15) is 0 Å². The van der Waals surface area contributed by atoms with Gasteiger partial charge in [-0.25, -0.2) is 9.37 Å². The Labute approximate surface area is 205 Å². The van der Waals surface area contributed by atoms with E-state index in [1.807, 2.05) is 18.2 Å². The van der Waals surface area contributed by atoms with Gasteiger partial charge < -0.3 is 20.4 Å². The molecule has 0 atom stereocenters. The van der Waals surface area contributed by atoms with Crippen LogP contribution in [0.2, 0.25) is 0 Å². The van der Waals surface area contributed by atoms with Crippen LogP contribution in [0.1, 0.15) is 30.9 Å². The number of hydrogen-bond acceptors (Lipinski definition) is 5. The van der Waals surface area contributed by atoms with E-state index in [9.17, 15) is 14.0 Å². The van der Waals surface area contributed by atoms with Gasteiger partial charge in [-0.05, 0) is 67.9 Å². The van der Waals surface area contributed by atoms with E-state index < -0.39 is 0 Å². The Morgan fingerprint density at radius 2 is 1.51 bits per heavy atom. The molecule has 0 saturated carbocycles. The quantitative estimate of drug-likeness (QED) is 0.524. The van der Waals surface area contributed by atoms with Gasteiger partial charge in [-0.3, -0.25) is 9.59 Å². The lowest BCUT2D eigenvalue weighted by Crippen LogP contribution is -2.46. The Morgan fingerprint density at radius 1 is 0.886 bits per heavy atom. The molecule has 2 amide bonds. The van der Waals surface area contributed by atoms with Crippen molar-refractivity contribution in [3.05, 3.63) is 59.4 Å². The van der Waals surface area contributed by atoms with E-state index in [0.29, 0.717) is 16.9 Å². The largest absolute Gasteiger partial charge is 0.354 e. The third-order valence-electron chi connectivity index (χ3n) is 6.46. The molecule has 2 N–H and O–H groups in total. The lowest BCUT2D eigenvalue weighted by Gasteiger charge is -2.35. The number of benzene rings is 2. The van der Waals surface area contributed by atoms with Crippen molar-refractivity contribution in [2.45, 2.75) is 33.6 Å². The fraction of sp³-hybridized carbons (Fsp3) is 0.370. The van der Waals surface area contributed by atoms with Crippen LogP contribution in [0, 0.1) is 19.7 Å². The molecular formula is C27H32FN5O2. The summed E-state index contributed by atoms with van der Waals surface area (Å²) in [5.74, 6) is 0.00898. The first-order valence-electron chi connectivity index (χ1n) is 12.1. The normalized spacial score (nSPS) is 14.2. The van der Waals surface area contributed by atoms with Crippen LogP contribution in [0.15, 0.2) is 42.5 Å². The maximum atomic E-state index is 13.6. The minimum absolute atomic E-state index is 0.00412. The molecule has 4 rings (SSSR count). The van der Waals surface area contributed by atoms with E-state index in [4.69, 9.17) is 4.98 Å². The summed E-state index contributed by atoms with van der Waals surface area (Å²) in [6.07, 6.45) is 0.0300. The van der Waals surface area contributed by atoms with Crippen molar-refractivity contribution in [1.29, 1.82) is 0 Å². The summed E-state index contributed by atoms with van der Waals surface area (Å²) in [4.78, 5) is 34.2. The molecule has 2 aromatic carbocycles. The van der Waals surface area contributed by atoms with Crippen LogP contribution < -0.4 is 15.5 Å². The van der Waals surface area contributed by atoms with Gasteiger partial charge in [0.25, 0.3) is 0 Å². The second-order valence-corrected chi connectivity index (χ2v) is 9.01. The number of anilines is 3. The highest BCUT2D eigenvalue weighted by Crippen LogP contribution is 2.26. The Morgan fingerprint density at radius 3 is 2.14 bits per heavy atom. The van der Waals surface area contributed by atoms with Crippen molar-refractivity contribution in [3.63, 3.8) is 0 Å². The topological polar surface area (TPSA) is 77.6 Å². The number of carbonyl (C=O) groups is 2. The molecule has 1 aromatic heterocycles. The predicted molar refractivity (Wildman–Crippen MR) is 138 cm³/mol. The summed E-state index contributed by atoms with van der Waals surface area (Å²) in [7, 11) is 0. The molecule has 1 fully saturated rings. The first-order chi connectivity index (χ1) is 16.8. The number of piperazine rings is 1. The number of carbonyl (C=O) groups excluding carboxylic acids is 2. The number of nitrogens with zero attached hydrogens (tertiary/aromatic N) is 3. The van der Waals surface area contributed by atoms with E-state index in [0.717, 1.165) is 55.0 Å². The molecule has 0 unspecified atom stereocenters. The molecule has 7 nitrogen and oxygen atoms in total. The fourth-order valence-electron chi connectivity index (χ4n) is 4.25. The zero-order valence-electron chi connectivity index (χ0n) is 20.5. The molecule has 1 saturated heterocycles. The first kappa shape index (κ1) is 24.6. The van der Waals surface area contributed by atoms with Crippen molar-refractivity contribution < 1.29 is 14.0 Å². The van der Waals surface area contributed by atoms with Gasteiger partial charge in [0.05, 0.1) is 5.52 Å². The fourth-order valence-corrected chi connectivity index (χ4v) is 4.25. The van der Waals surface area contributed by atoms with E-state index in [2.05, 4.69) is 40.3 Å². The molecule has 1 aliphatic rings. The number of aromatic nitrogens is 1. The molecule has 184 valence electrons. The number of hydrogen-bond donors (Lipinski definition) is 2. The van der Waals surface area contributed by atoms with Gasteiger partial charge in [0, 0.05) is 55.8 Å². The van der Waals surface area contributed by atoms with Crippen LogP contribution >= 0.6 is 0 Å². The highest BCUT2D eigenvalue weighted by molar-refractivity contribution is 5.98. The van der Waals surface area contributed by atoms with Crippen LogP contribution in [-0.4, -0.2) is 54.4 Å². The third-order valence-corrected chi connectivity index (χ3v) is 6.46. The number of amides is 2. The summed E-state index contributed by atoms with van der Waals surface area (Å²) in [5.41, 5.74) is 3.54. The summed E-state index contributed by atoms with van der Waals surface area (Å²) >= 11 is 0. The van der Waals surface area contributed by atoms with Gasteiger partial charge in [0.1, 0.15) is 11.6 Å². The average Bonchev–Trinajstić information content (AvgIpc) is 2.85. The number of aryl methyl sites for hydroxylation is 2. The average molecular weight is 478 g/mol. The number of fused-ring (bicyclic) bond motifs is 1. The lowest BCUT2D eigenvalue weighted by molar-refractivity contribution is -0.121. The summed E-state index contributed by atoms with van der Waals surface area (Å²) in [5, 5.41) is 6.47. The standard InChI is InChI=1S/C27H32FN5O2/c1-4-32-11-13-33(14-12-32)25-15-19(3)22-16-20(7-8-24(22)31-25)29-26(34)9-10-27(35)30-21-6-5-18(2)23(28)17-21/h5-8,15-17H,4,9-14H2,1-3H3,(H,29,34)(H,30,35). The summed E-state index contributed by atoms with van der Waals surface area (Å²) < 4.78 is 13.6. The van der Waals surface area contributed by atoms with Gasteiger partial charge in [0.15, 0.2) is 0 Å². The Kier molecular flexibility index (Phi) is 7.60. The lowest BCUT2D eigenvalue weighted by atomic mass is 10.1.